The van der Waals surface area contributed by atoms with Gasteiger partial charge in [0.15, 0.2) is 0 Å². The van der Waals surface area contributed by atoms with Crippen LogP contribution in [0.25, 0.3) is 0 Å². The molecule has 0 amide bonds. The van der Waals surface area contributed by atoms with Gasteiger partial charge in [-0.3, -0.25) is 4.79 Å². The van der Waals surface area contributed by atoms with Gasteiger partial charge in [-0.15, -0.1) is 0 Å². The Balaban J connectivity index is 0. The standard InChI is InChI=1S/C9H11NO2.2C2H6/c1-7-2-4-8(5-3-7)10-6-9(11)12;2*1-2/h2-5,10H,6H2,1H3,(H,11,12);2*1-2H3. The van der Waals surface area contributed by atoms with E-state index in [-0.39, 0.29) is 6.54 Å². The lowest BCUT2D eigenvalue weighted by atomic mass is 10.2. The summed E-state index contributed by atoms with van der Waals surface area (Å²) in [5.74, 6) is -0.851. The quantitative estimate of drug-likeness (QED) is 0.827. The van der Waals surface area contributed by atoms with Gasteiger partial charge in [-0.2, -0.15) is 0 Å². The molecular formula is C13H23NO2. The average Bonchev–Trinajstić information content (AvgIpc) is 2.33. The van der Waals surface area contributed by atoms with Gasteiger partial charge in [0.1, 0.15) is 6.54 Å². The van der Waals surface area contributed by atoms with Gasteiger partial charge in [-0.1, -0.05) is 45.4 Å². The number of carbonyl (C=O) groups is 1. The van der Waals surface area contributed by atoms with E-state index >= 15 is 0 Å². The van der Waals surface area contributed by atoms with E-state index in [1.54, 1.807) is 0 Å². The minimum Gasteiger partial charge on any atom is -0.480 e. The number of benzene rings is 1. The molecule has 0 atom stereocenters. The molecule has 0 radical (unpaired) electrons. The highest BCUT2D eigenvalue weighted by molar-refractivity contribution is 5.72. The first kappa shape index (κ1) is 16.9. The van der Waals surface area contributed by atoms with Gasteiger partial charge in [0.25, 0.3) is 0 Å². The second-order valence-electron chi connectivity index (χ2n) is 2.61. The van der Waals surface area contributed by atoms with E-state index in [4.69, 9.17) is 5.11 Å². The molecule has 1 rings (SSSR count). The van der Waals surface area contributed by atoms with Crippen molar-refractivity contribution in [3.05, 3.63) is 29.8 Å². The second kappa shape index (κ2) is 11.6. The number of hydrogen-bond acceptors (Lipinski definition) is 2. The third-order valence-corrected chi connectivity index (χ3v) is 1.50. The first-order valence-corrected chi connectivity index (χ1v) is 5.71. The van der Waals surface area contributed by atoms with Crippen LogP contribution in [-0.4, -0.2) is 17.6 Å². The van der Waals surface area contributed by atoms with E-state index in [1.165, 1.54) is 0 Å². The van der Waals surface area contributed by atoms with Crippen LogP contribution in [0.3, 0.4) is 0 Å². The van der Waals surface area contributed by atoms with E-state index in [0.29, 0.717) is 0 Å². The number of rotatable bonds is 3. The molecule has 0 unspecified atom stereocenters. The molecular weight excluding hydrogens is 202 g/mol. The van der Waals surface area contributed by atoms with E-state index in [2.05, 4.69) is 5.32 Å². The highest BCUT2D eigenvalue weighted by Gasteiger charge is 1.95. The molecule has 0 saturated heterocycles. The topological polar surface area (TPSA) is 49.3 Å². The van der Waals surface area contributed by atoms with E-state index in [0.717, 1.165) is 11.3 Å². The maximum absolute atomic E-state index is 10.2. The summed E-state index contributed by atoms with van der Waals surface area (Å²) in [5, 5.41) is 11.1. The third-order valence-electron chi connectivity index (χ3n) is 1.50. The summed E-state index contributed by atoms with van der Waals surface area (Å²) < 4.78 is 0. The molecule has 92 valence electrons. The van der Waals surface area contributed by atoms with Crippen LogP contribution in [0.1, 0.15) is 33.3 Å². The van der Waals surface area contributed by atoms with Crippen LogP contribution < -0.4 is 5.32 Å². The van der Waals surface area contributed by atoms with Gasteiger partial charge < -0.3 is 10.4 Å². The number of anilines is 1. The van der Waals surface area contributed by atoms with Crippen molar-refractivity contribution >= 4 is 11.7 Å². The lowest BCUT2D eigenvalue weighted by Crippen LogP contribution is -2.11. The molecule has 0 aromatic heterocycles. The summed E-state index contributed by atoms with van der Waals surface area (Å²) in [5.41, 5.74) is 2.00. The van der Waals surface area contributed by atoms with Gasteiger partial charge in [-0.05, 0) is 19.1 Å². The van der Waals surface area contributed by atoms with E-state index < -0.39 is 5.97 Å². The Morgan fingerprint density at radius 1 is 1.12 bits per heavy atom. The van der Waals surface area contributed by atoms with Gasteiger partial charge in [0, 0.05) is 5.69 Å². The molecule has 1 aromatic carbocycles. The molecule has 0 fully saturated rings. The summed E-state index contributed by atoms with van der Waals surface area (Å²) in [4.78, 5) is 10.2. The number of carboxylic acids is 1. The minimum atomic E-state index is -0.851. The zero-order valence-corrected chi connectivity index (χ0v) is 10.9. The lowest BCUT2D eigenvalue weighted by molar-refractivity contribution is -0.134. The molecule has 1 aromatic rings. The molecule has 16 heavy (non-hydrogen) atoms. The van der Waals surface area contributed by atoms with E-state index in [9.17, 15) is 4.79 Å². The van der Waals surface area contributed by atoms with Gasteiger partial charge in [0.2, 0.25) is 0 Å². The van der Waals surface area contributed by atoms with Crippen LogP contribution in [0.5, 0.6) is 0 Å². The molecule has 0 aliphatic carbocycles. The van der Waals surface area contributed by atoms with Gasteiger partial charge in [0.05, 0.1) is 0 Å². The molecule has 3 nitrogen and oxygen atoms in total. The monoisotopic (exact) mass is 225 g/mol. The summed E-state index contributed by atoms with van der Waals surface area (Å²) >= 11 is 0. The Hall–Kier alpha value is -1.51. The molecule has 2 N–H and O–H groups in total. The van der Waals surface area contributed by atoms with E-state index in [1.807, 2.05) is 58.9 Å². The van der Waals surface area contributed by atoms with Crippen LogP contribution in [0.2, 0.25) is 0 Å². The van der Waals surface area contributed by atoms with Crippen molar-refractivity contribution in [3.63, 3.8) is 0 Å². The zero-order chi connectivity index (χ0) is 13.0. The Labute approximate surface area is 98.5 Å². The van der Waals surface area contributed by atoms with Crippen molar-refractivity contribution in [2.45, 2.75) is 34.6 Å². The number of carboxylic acid groups (broad SMARTS) is 1. The Bertz CT molecular complexity index is 268. The molecule has 3 heteroatoms. The smallest absolute Gasteiger partial charge is 0.322 e. The Morgan fingerprint density at radius 3 is 1.94 bits per heavy atom. The SMILES string of the molecule is CC.CC.Cc1ccc(NCC(=O)O)cc1. The summed E-state index contributed by atoms with van der Waals surface area (Å²) in [6.07, 6.45) is 0. The minimum absolute atomic E-state index is 0.0386. The van der Waals surface area contributed by atoms with Gasteiger partial charge in [-0.25, -0.2) is 0 Å². The maximum atomic E-state index is 10.2. The first-order valence-electron chi connectivity index (χ1n) is 5.71. The summed E-state index contributed by atoms with van der Waals surface area (Å²) in [6, 6.07) is 7.59. The molecule has 0 aliphatic heterocycles. The first-order chi connectivity index (χ1) is 7.68. The van der Waals surface area contributed by atoms with Crippen molar-refractivity contribution in [1.29, 1.82) is 0 Å². The average molecular weight is 225 g/mol. The lowest BCUT2D eigenvalue weighted by Gasteiger charge is -2.02. The zero-order valence-electron chi connectivity index (χ0n) is 10.9. The Morgan fingerprint density at radius 2 is 1.56 bits per heavy atom. The molecule has 0 heterocycles. The summed E-state index contributed by atoms with van der Waals surface area (Å²) in [7, 11) is 0. The normalized spacial score (nSPS) is 7.81. The summed E-state index contributed by atoms with van der Waals surface area (Å²) in [6.45, 7) is 9.95. The number of aryl methyl sites for hydroxylation is 1. The molecule has 0 aliphatic rings. The predicted molar refractivity (Wildman–Crippen MR) is 70.0 cm³/mol. The Kier molecular flexibility index (Phi) is 12.2. The van der Waals surface area contributed by atoms with Crippen molar-refractivity contribution in [1.82, 2.24) is 0 Å². The van der Waals surface area contributed by atoms with Crippen LogP contribution >= 0.6 is 0 Å². The van der Waals surface area contributed by atoms with Gasteiger partial charge >= 0.3 is 5.97 Å². The third kappa shape index (κ3) is 9.06. The highest BCUT2D eigenvalue weighted by atomic mass is 16.4. The number of nitrogens with one attached hydrogen (secondary N) is 1. The number of hydrogen-bond donors (Lipinski definition) is 2. The fourth-order valence-corrected chi connectivity index (χ4v) is 0.849. The van der Waals surface area contributed by atoms with Crippen LogP contribution in [0.4, 0.5) is 5.69 Å². The molecule has 0 spiro atoms. The van der Waals surface area contributed by atoms with Crippen molar-refractivity contribution in [2.24, 2.45) is 0 Å². The fourth-order valence-electron chi connectivity index (χ4n) is 0.849. The fraction of sp³-hybridized carbons (Fsp3) is 0.462. The van der Waals surface area contributed by atoms with Crippen molar-refractivity contribution < 1.29 is 9.90 Å². The maximum Gasteiger partial charge on any atom is 0.322 e. The van der Waals surface area contributed by atoms with Crippen LogP contribution in [0.15, 0.2) is 24.3 Å². The predicted octanol–water partition coefficient (Wildman–Crippen LogP) is 3.54. The number of aliphatic carboxylic acids is 1. The molecule has 0 saturated carbocycles. The van der Waals surface area contributed by atoms with Crippen LogP contribution in [-0.2, 0) is 4.79 Å². The van der Waals surface area contributed by atoms with Crippen molar-refractivity contribution in [2.75, 3.05) is 11.9 Å². The molecule has 0 bridgehead atoms. The van der Waals surface area contributed by atoms with Crippen LogP contribution in [0, 0.1) is 6.92 Å². The second-order valence-corrected chi connectivity index (χ2v) is 2.61. The van der Waals surface area contributed by atoms with Crippen molar-refractivity contribution in [3.8, 4) is 0 Å². The highest BCUT2D eigenvalue weighted by Crippen LogP contribution is 2.07. The largest absolute Gasteiger partial charge is 0.480 e.